The van der Waals surface area contributed by atoms with Crippen LogP contribution in [0.15, 0.2) is 65.5 Å². The first-order valence-corrected chi connectivity index (χ1v) is 13.9. The van der Waals surface area contributed by atoms with Gasteiger partial charge in [-0.2, -0.15) is 0 Å². The standard InChI is InChI=1S/C33H31F4N3O5/c1-18(41)45-26-11-6-9-22(33(2,3)4)29(26)39-14-7-15-44-19-16-24(35)30(25(36)17-19)40-27(42)13-12-21(32(40)38)31(43)20-8-5-10-23(34)28(20)37/h5-6,8-13,16-17,39H,7,14-15,38H2,1-4H3. The van der Waals surface area contributed by atoms with E-state index in [9.17, 15) is 23.2 Å². The SMILES string of the molecule is CC(=O)Oc1cccc(C(C)(C)C)c1NCCCOc1cc(F)c(-n2c(N)c(C(=O)c3cccc(F)c3F)ccc2=O)c(F)c1. The smallest absolute Gasteiger partial charge is 0.308 e. The first-order valence-electron chi connectivity index (χ1n) is 13.9. The quantitative estimate of drug-likeness (QED) is 0.0698. The maximum Gasteiger partial charge on any atom is 0.308 e. The fraction of sp³-hybridized carbons (Fsp3) is 0.242. The number of benzene rings is 3. The average molecular weight is 626 g/mol. The van der Waals surface area contributed by atoms with Crippen LogP contribution in [0.1, 0.15) is 55.6 Å². The molecule has 0 aliphatic heterocycles. The van der Waals surface area contributed by atoms with Gasteiger partial charge in [-0.05, 0) is 41.7 Å². The number of nitrogens with zero attached hydrogens (tertiary/aromatic N) is 1. The van der Waals surface area contributed by atoms with Crippen molar-refractivity contribution in [3.63, 3.8) is 0 Å². The van der Waals surface area contributed by atoms with E-state index >= 15 is 8.78 Å². The Kier molecular flexibility index (Phi) is 9.65. The van der Waals surface area contributed by atoms with Crippen LogP contribution in [0.2, 0.25) is 0 Å². The summed E-state index contributed by atoms with van der Waals surface area (Å²) in [5.41, 5.74) is 4.30. The normalized spacial score (nSPS) is 11.3. The summed E-state index contributed by atoms with van der Waals surface area (Å²) in [5, 5.41) is 3.25. The number of rotatable bonds is 10. The van der Waals surface area contributed by atoms with Gasteiger partial charge in [0.2, 0.25) is 0 Å². The molecular formula is C33H31F4N3O5. The third kappa shape index (κ3) is 7.17. The Morgan fingerprint density at radius 1 is 0.911 bits per heavy atom. The number of nitrogen functional groups attached to an aromatic ring is 1. The van der Waals surface area contributed by atoms with Gasteiger partial charge in [-0.1, -0.05) is 39.0 Å². The van der Waals surface area contributed by atoms with Crippen molar-refractivity contribution in [2.45, 2.75) is 39.5 Å². The van der Waals surface area contributed by atoms with Gasteiger partial charge in [0.25, 0.3) is 5.56 Å². The molecule has 3 N–H and O–H groups in total. The lowest BCUT2D eigenvalue weighted by Gasteiger charge is -2.25. The molecule has 0 spiro atoms. The van der Waals surface area contributed by atoms with Crippen LogP contribution < -0.4 is 26.1 Å². The summed E-state index contributed by atoms with van der Waals surface area (Å²) in [6.45, 7) is 7.75. The molecule has 236 valence electrons. The second kappa shape index (κ2) is 13.2. The highest BCUT2D eigenvalue weighted by Gasteiger charge is 2.25. The number of esters is 1. The van der Waals surface area contributed by atoms with Gasteiger partial charge in [0.15, 0.2) is 34.8 Å². The number of carbonyl (C=O) groups is 2. The molecule has 0 unspecified atom stereocenters. The highest BCUT2D eigenvalue weighted by Crippen LogP contribution is 2.36. The zero-order valence-electron chi connectivity index (χ0n) is 25.0. The van der Waals surface area contributed by atoms with Crippen LogP contribution in [0.25, 0.3) is 5.69 Å². The number of carbonyl (C=O) groups excluding carboxylic acids is 2. The van der Waals surface area contributed by atoms with Gasteiger partial charge < -0.3 is 20.5 Å². The summed E-state index contributed by atoms with van der Waals surface area (Å²) in [6.07, 6.45) is 0.385. The fourth-order valence-corrected chi connectivity index (χ4v) is 4.69. The number of anilines is 2. The number of ketones is 1. The number of ether oxygens (including phenoxy) is 2. The number of nitrogens with two attached hydrogens (primary N) is 1. The minimum atomic E-state index is -1.43. The largest absolute Gasteiger partial charge is 0.493 e. The lowest BCUT2D eigenvalue weighted by molar-refractivity contribution is -0.131. The summed E-state index contributed by atoms with van der Waals surface area (Å²) in [4.78, 5) is 37.1. The van der Waals surface area contributed by atoms with Crippen LogP contribution in [0, 0.1) is 23.3 Å². The molecule has 0 aliphatic rings. The van der Waals surface area contributed by atoms with Crippen molar-refractivity contribution >= 4 is 23.3 Å². The number of para-hydroxylation sites is 1. The van der Waals surface area contributed by atoms with Crippen molar-refractivity contribution in [1.29, 1.82) is 0 Å². The topological polar surface area (TPSA) is 113 Å². The molecule has 1 heterocycles. The lowest BCUT2D eigenvalue weighted by atomic mass is 9.85. The van der Waals surface area contributed by atoms with E-state index in [0.717, 1.165) is 48.0 Å². The molecule has 0 radical (unpaired) electrons. The van der Waals surface area contributed by atoms with E-state index in [1.165, 1.54) is 6.92 Å². The Balaban J connectivity index is 1.51. The Hall–Kier alpha value is -5.13. The van der Waals surface area contributed by atoms with E-state index in [4.69, 9.17) is 15.2 Å². The van der Waals surface area contributed by atoms with Gasteiger partial charge >= 0.3 is 5.97 Å². The third-order valence-corrected chi connectivity index (χ3v) is 6.76. The third-order valence-electron chi connectivity index (χ3n) is 6.76. The Labute approximate surface area is 256 Å². The van der Waals surface area contributed by atoms with Crippen LogP contribution in [-0.2, 0) is 10.2 Å². The van der Waals surface area contributed by atoms with Gasteiger partial charge in [-0.25, -0.2) is 17.6 Å². The monoisotopic (exact) mass is 625 g/mol. The summed E-state index contributed by atoms with van der Waals surface area (Å²) in [6, 6.07) is 11.8. The molecule has 1 aromatic heterocycles. The fourth-order valence-electron chi connectivity index (χ4n) is 4.69. The molecule has 0 saturated heterocycles. The maximum atomic E-state index is 15.2. The number of aromatic nitrogens is 1. The van der Waals surface area contributed by atoms with Crippen molar-refractivity contribution in [3.8, 4) is 17.2 Å². The minimum Gasteiger partial charge on any atom is -0.493 e. The Bertz CT molecular complexity index is 1810. The van der Waals surface area contributed by atoms with Crippen LogP contribution in [-0.4, -0.2) is 29.5 Å². The predicted octanol–water partition coefficient (Wildman–Crippen LogP) is 6.31. The first-order chi connectivity index (χ1) is 21.2. The van der Waals surface area contributed by atoms with E-state index in [0.29, 0.717) is 29.0 Å². The average Bonchev–Trinajstić information content (AvgIpc) is 2.95. The number of hydrogen-bond acceptors (Lipinski definition) is 7. The summed E-state index contributed by atoms with van der Waals surface area (Å²) < 4.78 is 69.8. The minimum absolute atomic E-state index is 0.0388. The molecule has 4 aromatic rings. The molecule has 3 aromatic carbocycles. The summed E-state index contributed by atoms with van der Waals surface area (Å²) in [5.74, 6) is -7.18. The van der Waals surface area contributed by atoms with Crippen LogP contribution in [0.3, 0.4) is 0 Å². The zero-order valence-corrected chi connectivity index (χ0v) is 25.0. The van der Waals surface area contributed by atoms with Gasteiger partial charge in [0.1, 0.15) is 17.3 Å². The van der Waals surface area contributed by atoms with E-state index in [1.54, 1.807) is 12.1 Å². The highest BCUT2D eigenvalue weighted by atomic mass is 19.2. The van der Waals surface area contributed by atoms with Gasteiger partial charge in [-0.3, -0.25) is 19.0 Å². The number of hydrogen-bond donors (Lipinski definition) is 2. The molecule has 0 fully saturated rings. The number of pyridine rings is 1. The lowest BCUT2D eigenvalue weighted by Crippen LogP contribution is -2.25. The van der Waals surface area contributed by atoms with Crippen molar-refractivity contribution in [2.24, 2.45) is 0 Å². The summed E-state index contributed by atoms with van der Waals surface area (Å²) >= 11 is 0. The van der Waals surface area contributed by atoms with E-state index in [2.05, 4.69) is 5.32 Å². The van der Waals surface area contributed by atoms with E-state index < -0.39 is 63.2 Å². The molecule has 45 heavy (non-hydrogen) atoms. The van der Waals surface area contributed by atoms with Gasteiger partial charge in [0.05, 0.1) is 23.4 Å². The number of halogens is 4. The molecular weight excluding hydrogens is 594 g/mol. The van der Waals surface area contributed by atoms with Crippen molar-refractivity contribution in [1.82, 2.24) is 4.57 Å². The molecule has 4 rings (SSSR count). The molecule has 0 amide bonds. The second-order valence-electron chi connectivity index (χ2n) is 11.1. The Morgan fingerprint density at radius 3 is 2.22 bits per heavy atom. The van der Waals surface area contributed by atoms with Crippen LogP contribution in [0.4, 0.5) is 29.1 Å². The molecule has 8 nitrogen and oxygen atoms in total. The van der Waals surface area contributed by atoms with E-state index in [1.807, 2.05) is 26.8 Å². The molecule has 0 aliphatic carbocycles. The van der Waals surface area contributed by atoms with Crippen molar-refractivity contribution < 1.29 is 36.6 Å². The van der Waals surface area contributed by atoms with Crippen LogP contribution >= 0.6 is 0 Å². The van der Waals surface area contributed by atoms with Crippen molar-refractivity contribution in [2.75, 3.05) is 24.2 Å². The molecule has 12 heteroatoms. The van der Waals surface area contributed by atoms with Gasteiger partial charge in [-0.15, -0.1) is 0 Å². The number of nitrogens with one attached hydrogen (secondary N) is 1. The van der Waals surface area contributed by atoms with E-state index in [-0.39, 0.29) is 17.8 Å². The van der Waals surface area contributed by atoms with Gasteiger partial charge in [0, 0.05) is 31.7 Å². The molecule has 0 atom stereocenters. The second-order valence-corrected chi connectivity index (χ2v) is 11.1. The predicted molar refractivity (Wildman–Crippen MR) is 161 cm³/mol. The summed E-state index contributed by atoms with van der Waals surface area (Å²) in [7, 11) is 0. The molecule has 0 bridgehead atoms. The molecule has 0 saturated carbocycles. The van der Waals surface area contributed by atoms with Crippen LogP contribution in [0.5, 0.6) is 11.5 Å². The highest BCUT2D eigenvalue weighted by molar-refractivity contribution is 6.11. The van der Waals surface area contributed by atoms with Crippen molar-refractivity contribution in [3.05, 3.63) is 111 Å². The first kappa shape index (κ1) is 32.8. The zero-order chi connectivity index (χ0) is 33.1. The maximum absolute atomic E-state index is 15.2. The Morgan fingerprint density at radius 2 is 1.58 bits per heavy atom.